The van der Waals surface area contributed by atoms with E-state index in [1.165, 1.54) is 51.4 Å². The van der Waals surface area contributed by atoms with Gasteiger partial charge >= 0.3 is 0 Å². The van der Waals surface area contributed by atoms with Gasteiger partial charge in [0.2, 0.25) is 0 Å². The number of hydrogen-bond donors (Lipinski definition) is 2. The van der Waals surface area contributed by atoms with E-state index in [4.69, 9.17) is 5.11 Å². The molecule has 0 amide bonds. The Balaban J connectivity index is 3.03. The van der Waals surface area contributed by atoms with E-state index in [0.29, 0.717) is 6.04 Å². The minimum atomic E-state index is 0.271. The molecule has 2 N–H and O–H groups in total. The van der Waals surface area contributed by atoms with Gasteiger partial charge in [-0.3, -0.25) is 0 Å². The summed E-state index contributed by atoms with van der Waals surface area (Å²) in [6, 6.07) is 0.310. The van der Waals surface area contributed by atoms with E-state index in [9.17, 15) is 0 Å². The molecule has 0 radical (unpaired) electrons. The highest BCUT2D eigenvalue weighted by Crippen LogP contribution is 2.07. The smallest absolute Gasteiger partial charge is 0.0584 e. The van der Waals surface area contributed by atoms with Crippen LogP contribution in [0.15, 0.2) is 0 Å². The van der Waals surface area contributed by atoms with Crippen LogP contribution in [-0.2, 0) is 0 Å². The number of aliphatic hydroxyl groups is 1. The normalized spacial score (nSPS) is 12.9. The molecule has 16 heavy (non-hydrogen) atoms. The van der Waals surface area contributed by atoms with Gasteiger partial charge in [-0.05, 0) is 19.4 Å². The Hall–Kier alpha value is -0.0800. The van der Waals surface area contributed by atoms with Crippen molar-refractivity contribution in [2.45, 2.75) is 77.7 Å². The van der Waals surface area contributed by atoms with Gasteiger partial charge in [0.15, 0.2) is 0 Å². The highest BCUT2D eigenvalue weighted by Gasteiger charge is 2.01. The largest absolute Gasteiger partial charge is 0.395 e. The molecule has 1 atom stereocenters. The van der Waals surface area contributed by atoms with Gasteiger partial charge < -0.3 is 10.4 Å². The maximum absolute atomic E-state index is 8.99. The highest BCUT2D eigenvalue weighted by molar-refractivity contribution is 4.62. The molecular weight excluding hydrogens is 198 g/mol. The zero-order valence-corrected chi connectivity index (χ0v) is 11.3. The summed E-state index contributed by atoms with van der Waals surface area (Å²) in [5, 5.41) is 12.4. The Kier molecular flexibility index (Phi) is 12.9. The van der Waals surface area contributed by atoms with Crippen LogP contribution in [-0.4, -0.2) is 24.3 Å². The maximum Gasteiger partial charge on any atom is 0.0584 e. The molecule has 0 aromatic rings. The summed E-state index contributed by atoms with van der Waals surface area (Å²) in [5.74, 6) is 0. The Labute approximate surface area is 102 Å². The zero-order valence-electron chi connectivity index (χ0n) is 11.3. The van der Waals surface area contributed by atoms with E-state index in [-0.39, 0.29) is 6.61 Å². The van der Waals surface area contributed by atoms with Gasteiger partial charge in [0.05, 0.1) is 6.61 Å². The summed E-state index contributed by atoms with van der Waals surface area (Å²) in [5.41, 5.74) is 0. The molecular formula is C14H31NO. The highest BCUT2D eigenvalue weighted by atomic mass is 16.3. The first kappa shape index (κ1) is 15.9. The standard InChI is InChI=1S/C14H31NO/c1-3-5-6-7-8-9-10-11-12-15-14(4-2)13-16/h14-16H,3-13H2,1-2H3. The third-order valence-electron chi connectivity index (χ3n) is 3.18. The van der Waals surface area contributed by atoms with Crippen molar-refractivity contribution >= 4 is 0 Å². The lowest BCUT2D eigenvalue weighted by molar-refractivity contribution is 0.238. The van der Waals surface area contributed by atoms with E-state index in [2.05, 4.69) is 19.2 Å². The molecule has 0 aliphatic rings. The van der Waals surface area contributed by atoms with E-state index in [1.54, 1.807) is 0 Å². The number of nitrogens with one attached hydrogen (secondary N) is 1. The summed E-state index contributed by atoms with van der Waals surface area (Å²) in [6.07, 6.45) is 11.9. The number of unbranched alkanes of at least 4 members (excludes halogenated alkanes) is 7. The number of hydrogen-bond acceptors (Lipinski definition) is 2. The van der Waals surface area contributed by atoms with Crippen LogP contribution in [0.1, 0.15) is 71.6 Å². The Morgan fingerprint density at radius 2 is 1.44 bits per heavy atom. The second-order valence-electron chi connectivity index (χ2n) is 4.72. The minimum absolute atomic E-state index is 0.271. The molecule has 0 aliphatic heterocycles. The van der Waals surface area contributed by atoms with E-state index < -0.39 is 0 Å². The van der Waals surface area contributed by atoms with Crippen molar-refractivity contribution < 1.29 is 5.11 Å². The van der Waals surface area contributed by atoms with Crippen LogP contribution in [0.2, 0.25) is 0 Å². The number of aliphatic hydroxyl groups excluding tert-OH is 1. The van der Waals surface area contributed by atoms with Crippen molar-refractivity contribution in [3.05, 3.63) is 0 Å². The fraction of sp³-hybridized carbons (Fsp3) is 1.00. The summed E-state index contributed by atoms with van der Waals surface area (Å²) in [6.45, 7) is 5.71. The van der Waals surface area contributed by atoms with Crippen LogP contribution in [0.5, 0.6) is 0 Å². The lowest BCUT2D eigenvalue weighted by Gasteiger charge is -2.13. The molecule has 98 valence electrons. The Morgan fingerprint density at radius 3 is 1.94 bits per heavy atom. The molecule has 2 nitrogen and oxygen atoms in total. The van der Waals surface area contributed by atoms with Crippen LogP contribution >= 0.6 is 0 Å². The molecule has 0 aromatic carbocycles. The van der Waals surface area contributed by atoms with Gasteiger partial charge in [0.25, 0.3) is 0 Å². The second-order valence-corrected chi connectivity index (χ2v) is 4.72. The predicted octanol–water partition coefficient (Wildman–Crippen LogP) is 3.49. The molecule has 0 fully saturated rings. The molecule has 0 aliphatic carbocycles. The van der Waals surface area contributed by atoms with Crippen LogP contribution in [0, 0.1) is 0 Å². The first-order valence-corrected chi connectivity index (χ1v) is 7.19. The second kappa shape index (κ2) is 13.0. The molecule has 0 rings (SSSR count). The fourth-order valence-corrected chi connectivity index (χ4v) is 1.90. The summed E-state index contributed by atoms with van der Waals surface area (Å²) in [4.78, 5) is 0. The summed E-state index contributed by atoms with van der Waals surface area (Å²) >= 11 is 0. The summed E-state index contributed by atoms with van der Waals surface area (Å²) in [7, 11) is 0. The maximum atomic E-state index is 8.99. The van der Waals surface area contributed by atoms with Crippen molar-refractivity contribution in [2.75, 3.05) is 13.2 Å². The SMILES string of the molecule is CCCCCCCCCCNC(CC)CO. The van der Waals surface area contributed by atoms with Crippen molar-refractivity contribution in [2.24, 2.45) is 0 Å². The molecule has 0 bridgehead atoms. The van der Waals surface area contributed by atoms with Gasteiger partial charge in [0, 0.05) is 6.04 Å². The minimum Gasteiger partial charge on any atom is -0.395 e. The number of rotatable bonds is 12. The van der Waals surface area contributed by atoms with Gasteiger partial charge in [-0.25, -0.2) is 0 Å². The van der Waals surface area contributed by atoms with Crippen LogP contribution in [0.25, 0.3) is 0 Å². The van der Waals surface area contributed by atoms with E-state index in [1.807, 2.05) is 0 Å². The van der Waals surface area contributed by atoms with Crippen molar-refractivity contribution in [1.29, 1.82) is 0 Å². The first-order valence-electron chi connectivity index (χ1n) is 7.19. The lowest BCUT2D eigenvalue weighted by atomic mass is 10.1. The van der Waals surface area contributed by atoms with Crippen molar-refractivity contribution in [3.63, 3.8) is 0 Å². The predicted molar refractivity (Wildman–Crippen MR) is 71.8 cm³/mol. The van der Waals surface area contributed by atoms with Crippen LogP contribution in [0.4, 0.5) is 0 Å². The third kappa shape index (κ3) is 10.4. The molecule has 0 saturated carbocycles. The molecule has 0 saturated heterocycles. The topological polar surface area (TPSA) is 32.3 Å². The molecule has 0 heterocycles. The summed E-state index contributed by atoms with van der Waals surface area (Å²) < 4.78 is 0. The first-order chi connectivity index (χ1) is 7.85. The Bertz CT molecular complexity index is 124. The molecule has 2 heteroatoms. The quantitative estimate of drug-likeness (QED) is 0.502. The van der Waals surface area contributed by atoms with Gasteiger partial charge in [0.1, 0.15) is 0 Å². The lowest BCUT2D eigenvalue weighted by Crippen LogP contribution is -2.32. The fourth-order valence-electron chi connectivity index (χ4n) is 1.90. The average molecular weight is 229 g/mol. The monoisotopic (exact) mass is 229 g/mol. The van der Waals surface area contributed by atoms with Crippen LogP contribution < -0.4 is 5.32 Å². The molecule has 0 spiro atoms. The molecule has 0 aromatic heterocycles. The van der Waals surface area contributed by atoms with Crippen LogP contribution in [0.3, 0.4) is 0 Å². The third-order valence-corrected chi connectivity index (χ3v) is 3.18. The Morgan fingerprint density at radius 1 is 0.875 bits per heavy atom. The van der Waals surface area contributed by atoms with Crippen molar-refractivity contribution in [3.8, 4) is 0 Å². The van der Waals surface area contributed by atoms with E-state index in [0.717, 1.165) is 13.0 Å². The van der Waals surface area contributed by atoms with Gasteiger partial charge in [-0.2, -0.15) is 0 Å². The van der Waals surface area contributed by atoms with E-state index >= 15 is 0 Å². The molecule has 1 unspecified atom stereocenters. The van der Waals surface area contributed by atoms with Gasteiger partial charge in [-0.1, -0.05) is 58.8 Å². The van der Waals surface area contributed by atoms with Crippen molar-refractivity contribution in [1.82, 2.24) is 5.32 Å². The zero-order chi connectivity index (χ0) is 12.1. The van der Waals surface area contributed by atoms with Gasteiger partial charge in [-0.15, -0.1) is 0 Å². The average Bonchev–Trinajstić information content (AvgIpc) is 2.32.